The van der Waals surface area contributed by atoms with Crippen molar-refractivity contribution in [1.29, 1.82) is 0 Å². The average Bonchev–Trinajstić information content (AvgIpc) is 2.25. The molecule has 0 spiro atoms. The zero-order valence-electron chi connectivity index (χ0n) is 9.13. The molecule has 0 fully saturated rings. The van der Waals surface area contributed by atoms with E-state index in [1.807, 2.05) is 18.2 Å². The molecule has 0 heterocycles. The van der Waals surface area contributed by atoms with Crippen molar-refractivity contribution >= 4 is 28.1 Å². The van der Waals surface area contributed by atoms with Crippen molar-refractivity contribution < 1.29 is 0 Å². The number of benzene rings is 1. The maximum Gasteiger partial charge on any atom is 0.111 e. The molecule has 82 valence electrons. The molecule has 1 aromatic carbocycles. The average molecular weight is 241 g/mol. The molecular weight excluding hydrogens is 224 g/mol. The zero-order chi connectivity index (χ0) is 11.1. The lowest BCUT2D eigenvalue weighted by Crippen LogP contribution is -1.96. The molecule has 0 atom stereocenters. The quantitative estimate of drug-likeness (QED) is 0.394. The molecular formula is C13H17ClS. The Labute approximate surface area is 103 Å². The van der Waals surface area contributed by atoms with Gasteiger partial charge in [-0.3, -0.25) is 0 Å². The Morgan fingerprint density at radius 2 is 1.93 bits per heavy atom. The fourth-order valence-electron chi connectivity index (χ4n) is 1.67. The number of aryl methyl sites for hydroxylation is 1. The second kappa shape index (κ2) is 6.97. The van der Waals surface area contributed by atoms with E-state index >= 15 is 0 Å². The summed E-state index contributed by atoms with van der Waals surface area (Å²) in [5.41, 5.74) is 2.32. The first-order chi connectivity index (χ1) is 7.25. The normalized spacial score (nSPS) is 10.3. The molecule has 0 aliphatic heterocycles. The molecule has 2 heteroatoms. The maximum absolute atomic E-state index is 5.88. The minimum absolute atomic E-state index is 0.487. The fraction of sp³-hybridized carbons (Fsp3) is 0.462. The second-order valence-corrected chi connectivity index (χ2v) is 4.75. The molecule has 0 N–H and O–H groups in total. The Balaban J connectivity index is 2.56. The highest BCUT2D eigenvalue weighted by molar-refractivity contribution is 7.83. The van der Waals surface area contributed by atoms with Gasteiger partial charge in [0.25, 0.3) is 0 Å². The monoisotopic (exact) mass is 240 g/mol. The van der Waals surface area contributed by atoms with Crippen LogP contribution in [0.2, 0.25) is 0 Å². The highest BCUT2D eigenvalue weighted by Gasteiger charge is 2.04. The van der Waals surface area contributed by atoms with Gasteiger partial charge < -0.3 is 0 Å². The summed E-state index contributed by atoms with van der Waals surface area (Å²) >= 11 is 10.9. The van der Waals surface area contributed by atoms with Crippen molar-refractivity contribution in [3.8, 4) is 0 Å². The first kappa shape index (κ1) is 12.7. The van der Waals surface area contributed by atoms with Gasteiger partial charge in [-0.15, -0.1) is 0 Å². The van der Waals surface area contributed by atoms with Gasteiger partial charge in [-0.2, -0.15) is 0 Å². The summed E-state index contributed by atoms with van der Waals surface area (Å²) in [7, 11) is 0. The van der Waals surface area contributed by atoms with Gasteiger partial charge in [0, 0.05) is 5.56 Å². The molecule has 0 saturated carbocycles. The van der Waals surface area contributed by atoms with Gasteiger partial charge in [0.2, 0.25) is 0 Å². The Kier molecular flexibility index (Phi) is 5.89. The lowest BCUT2D eigenvalue weighted by atomic mass is 10.0. The number of rotatable bonds is 6. The van der Waals surface area contributed by atoms with Crippen LogP contribution >= 0.6 is 23.8 Å². The van der Waals surface area contributed by atoms with Crippen molar-refractivity contribution in [2.24, 2.45) is 0 Å². The van der Waals surface area contributed by atoms with Crippen LogP contribution in [0.25, 0.3) is 0 Å². The van der Waals surface area contributed by atoms with Crippen molar-refractivity contribution in [1.82, 2.24) is 0 Å². The van der Waals surface area contributed by atoms with Crippen LogP contribution in [-0.4, -0.2) is 4.32 Å². The van der Waals surface area contributed by atoms with Crippen LogP contribution in [0, 0.1) is 0 Å². The molecule has 0 bridgehead atoms. The molecule has 0 aromatic heterocycles. The first-order valence-electron chi connectivity index (χ1n) is 5.53. The van der Waals surface area contributed by atoms with Crippen molar-refractivity contribution in [3.05, 3.63) is 35.4 Å². The molecule has 15 heavy (non-hydrogen) atoms. The van der Waals surface area contributed by atoms with E-state index in [4.69, 9.17) is 23.8 Å². The van der Waals surface area contributed by atoms with Crippen LogP contribution in [0.4, 0.5) is 0 Å². The molecule has 0 nitrogen and oxygen atoms in total. The summed E-state index contributed by atoms with van der Waals surface area (Å²) in [6.07, 6.45) is 6.19. The number of unbranched alkanes of at least 4 members (excludes halogenated alkanes) is 3. The van der Waals surface area contributed by atoms with Crippen LogP contribution < -0.4 is 0 Å². The van der Waals surface area contributed by atoms with E-state index in [0.717, 1.165) is 12.0 Å². The second-order valence-electron chi connectivity index (χ2n) is 3.74. The minimum Gasteiger partial charge on any atom is -0.0709 e. The third-order valence-electron chi connectivity index (χ3n) is 2.53. The molecule has 0 unspecified atom stereocenters. The summed E-state index contributed by atoms with van der Waals surface area (Å²) in [4.78, 5) is 0. The van der Waals surface area contributed by atoms with E-state index in [2.05, 4.69) is 13.0 Å². The molecule has 1 rings (SSSR count). The van der Waals surface area contributed by atoms with Gasteiger partial charge in [0.05, 0.1) is 0 Å². The Morgan fingerprint density at radius 3 is 2.60 bits per heavy atom. The molecule has 0 radical (unpaired) electrons. The van der Waals surface area contributed by atoms with E-state index in [0.29, 0.717) is 4.32 Å². The number of thiocarbonyl (C=S) groups is 1. The van der Waals surface area contributed by atoms with Crippen LogP contribution in [0.15, 0.2) is 24.3 Å². The summed E-state index contributed by atoms with van der Waals surface area (Å²) < 4.78 is 0.487. The summed E-state index contributed by atoms with van der Waals surface area (Å²) in [6, 6.07) is 8.16. The molecule has 0 aliphatic rings. The lowest BCUT2D eigenvalue weighted by Gasteiger charge is -2.06. The van der Waals surface area contributed by atoms with Gasteiger partial charge in [-0.05, 0) is 18.4 Å². The molecule has 0 aliphatic carbocycles. The Morgan fingerprint density at radius 1 is 1.20 bits per heavy atom. The van der Waals surface area contributed by atoms with Gasteiger partial charge in [-0.1, -0.05) is 74.3 Å². The SMILES string of the molecule is CCCCCCc1ccccc1C(=S)Cl. The number of hydrogen-bond acceptors (Lipinski definition) is 1. The lowest BCUT2D eigenvalue weighted by molar-refractivity contribution is 0.666. The van der Waals surface area contributed by atoms with E-state index in [-0.39, 0.29) is 0 Å². The van der Waals surface area contributed by atoms with Gasteiger partial charge in [-0.25, -0.2) is 0 Å². The maximum atomic E-state index is 5.88. The van der Waals surface area contributed by atoms with Crippen LogP contribution in [0.5, 0.6) is 0 Å². The summed E-state index contributed by atoms with van der Waals surface area (Å²) in [5, 5.41) is 0. The van der Waals surface area contributed by atoms with Crippen molar-refractivity contribution in [2.75, 3.05) is 0 Å². The Hall–Kier alpha value is -0.400. The highest BCUT2D eigenvalue weighted by Crippen LogP contribution is 2.15. The van der Waals surface area contributed by atoms with Crippen LogP contribution in [0.3, 0.4) is 0 Å². The predicted octanol–water partition coefficient (Wildman–Crippen LogP) is 4.72. The third kappa shape index (κ3) is 4.31. The Bertz CT molecular complexity index is 320. The van der Waals surface area contributed by atoms with Crippen LogP contribution in [-0.2, 0) is 6.42 Å². The smallest absolute Gasteiger partial charge is 0.0709 e. The highest BCUT2D eigenvalue weighted by atomic mass is 35.5. The fourth-order valence-corrected chi connectivity index (χ4v) is 2.06. The summed E-state index contributed by atoms with van der Waals surface area (Å²) in [6.45, 7) is 2.22. The van der Waals surface area contributed by atoms with Gasteiger partial charge >= 0.3 is 0 Å². The molecule has 0 saturated heterocycles. The topological polar surface area (TPSA) is 0 Å². The standard InChI is InChI=1S/C13H17ClS/c1-2-3-4-5-8-11-9-6-7-10-12(11)13(14)15/h6-7,9-10H,2-5,8H2,1H3. The van der Waals surface area contributed by atoms with Crippen LogP contribution in [0.1, 0.15) is 43.7 Å². The van der Waals surface area contributed by atoms with E-state index in [1.54, 1.807) is 0 Å². The number of halogens is 1. The van der Waals surface area contributed by atoms with Crippen molar-refractivity contribution in [3.63, 3.8) is 0 Å². The predicted molar refractivity (Wildman–Crippen MR) is 71.8 cm³/mol. The van der Waals surface area contributed by atoms with Gasteiger partial charge in [0.15, 0.2) is 0 Å². The van der Waals surface area contributed by atoms with Crippen molar-refractivity contribution in [2.45, 2.75) is 39.0 Å². The first-order valence-corrected chi connectivity index (χ1v) is 6.32. The zero-order valence-corrected chi connectivity index (χ0v) is 10.7. The molecule has 0 amide bonds. The van der Waals surface area contributed by atoms with E-state index < -0.39 is 0 Å². The number of hydrogen-bond donors (Lipinski definition) is 0. The largest absolute Gasteiger partial charge is 0.111 e. The van der Waals surface area contributed by atoms with E-state index in [1.165, 1.54) is 31.2 Å². The van der Waals surface area contributed by atoms with E-state index in [9.17, 15) is 0 Å². The molecule has 1 aromatic rings. The minimum atomic E-state index is 0.487. The van der Waals surface area contributed by atoms with Gasteiger partial charge in [0.1, 0.15) is 4.32 Å². The summed E-state index contributed by atoms with van der Waals surface area (Å²) in [5.74, 6) is 0. The third-order valence-corrected chi connectivity index (χ3v) is 2.95.